The number of carbonyl (C=O) groups is 1. The molecule has 19 heavy (non-hydrogen) atoms. The maximum Gasteiger partial charge on any atom is 0.407 e. The third kappa shape index (κ3) is 12.1. The number of hydrogen-bond donors (Lipinski definition) is 1. The van der Waals surface area contributed by atoms with Crippen LogP contribution in [0.4, 0.5) is 4.79 Å². The quantitative estimate of drug-likeness (QED) is 0.639. The van der Waals surface area contributed by atoms with E-state index in [9.17, 15) is 4.79 Å². The molecule has 0 aromatic rings. The van der Waals surface area contributed by atoms with Crippen LogP contribution in [0.3, 0.4) is 0 Å². The van der Waals surface area contributed by atoms with E-state index in [-0.39, 0.29) is 0 Å². The molecule has 0 saturated carbocycles. The van der Waals surface area contributed by atoms with Crippen molar-refractivity contribution in [1.29, 1.82) is 0 Å². The highest BCUT2D eigenvalue weighted by Crippen LogP contribution is 2.12. The number of nitrogens with one attached hydrogen (secondary N) is 1. The van der Waals surface area contributed by atoms with E-state index in [1.807, 2.05) is 20.8 Å². The Labute approximate surface area is 122 Å². The Hall–Kier alpha value is -0.700. The van der Waals surface area contributed by atoms with Crippen molar-refractivity contribution in [3.63, 3.8) is 0 Å². The van der Waals surface area contributed by atoms with Crippen LogP contribution < -0.4 is 5.32 Å². The molecule has 4 heteroatoms. The molecule has 3 nitrogen and oxygen atoms in total. The Kier molecular flexibility index (Phi) is 9.76. The number of rotatable bonds is 8. The standard InChI is InChI=1S/C15H28ClNO2/c1-5-6-7-8-9-10-13(11-16)12-17-14(18)19-15(2,3)4/h11H,5-10,12H2,1-4H3,(H,17,18). The molecule has 0 radical (unpaired) electrons. The summed E-state index contributed by atoms with van der Waals surface area (Å²) < 4.78 is 5.17. The van der Waals surface area contributed by atoms with Gasteiger partial charge in [-0.1, -0.05) is 44.2 Å². The molecule has 0 bridgehead atoms. The highest BCUT2D eigenvalue weighted by Gasteiger charge is 2.15. The van der Waals surface area contributed by atoms with Crippen LogP contribution in [-0.4, -0.2) is 18.2 Å². The van der Waals surface area contributed by atoms with Gasteiger partial charge < -0.3 is 10.1 Å². The lowest BCUT2D eigenvalue weighted by molar-refractivity contribution is 0.0532. The van der Waals surface area contributed by atoms with Crippen molar-refractivity contribution >= 4 is 17.7 Å². The van der Waals surface area contributed by atoms with E-state index in [1.54, 1.807) is 5.54 Å². The number of halogens is 1. The first-order valence-corrected chi connectivity index (χ1v) is 7.57. The fourth-order valence-corrected chi connectivity index (χ4v) is 1.82. The molecule has 0 rings (SSSR count). The number of hydrogen-bond acceptors (Lipinski definition) is 2. The van der Waals surface area contributed by atoms with Gasteiger partial charge in [0.1, 0.15) is 5.60 Å². The minimum atomic E-state index is -0.463. The summed E-state index contributed by atoms with van der Waals surface area (Å²) in [4.78, 5) is 11.5. The van der Waals surface area contributed by atoms with Crippen molar-refractivity contribution in [2.45, 2.75) is 71.8 Å². The summed E-state index contributed by atoms with van der Waals surface area (Å²) in [6.45, 7) is 8.21. The molecule has 0 spiro atoms. The summed E-state index contributed by atoms with van der Waals surface area (Å²) in [6.07, 6.45) is 6.68. The highest BCUT2D eigenvalue weighted by molar-refractivity contribution is 6.25. The minimum absolute atomic E-state index is 0.394. The highest BCUT2D eigenvalue weighted by atomic mass is 35.5. The SMILES string of the molecule is CCCCCCCC(=CCl)CNC(=O)OC(C)(C)C. The molecule has 0 aromatic heterocycles. The molecule has 112 valence electrons. The van der Waals surface area contributed by atoms with Gasteiger partial charge in [0.25, 0.3) is 0 Å². The molecule has 1 amide bonds. The fraction of sp³-hybridized carbons (Fsp3) is 0.800. The van der Waals surface area contributed by atoms with Crippen LogP contribution in [0.2, 0.25) is 0 Å². The average molecular weight is 290 g/mol. The van der Waals surface area contributed by atoms with Crippen molar-refractivity contribution in [2.75, 3.05) is 6.54 Å². The molecule has 0 saturated heterocycles. The zero-order valence-corrected chi connectivity index (χ0v) is 13.5. The van der Waals surface area contributed by atoms with Gasteiger partial charge >= 0.3 is 6.09 Å². The Morgan fingerprint density at radius 3 is 2.37 bits per heavy atom. The first-order chi connectivity index (χ1) is 8.89. The topological polar surface area (TPSA) is 38.3 Å². The second kappa shape index (κ2) is 10.1. The third-order valence-electron chi connectivity index (χ3n) is 2.61. The van der Waals surface area contributed by atoms with Crippen LogP contribution in [-0.2, 0) is 4.74 Å². The molecule has 0 fully saturated rings. The van der Waals surface area contributed by atoms with Gasteiger partial charge in [0.2, 0.25) is 0 Å². The third-order valence-corrected chi connectivity index (χ3v) is 2.92. The Morgan fingerprint density at radius 2 is 1.84 bits per heavy atom. The molecular weight excluding hydrogens is 262 g/mol. The van der Waals surface area contributed by atoms with Gasteiger partial charge in [-0.25, -0.2) is 4.79 Å². The summed E-state index contributed by atoms with van der Waals surface area (Å²) >= 11 is 5.77. The molecule has 0 aromatic carbocycles. The van der Waals surface area contributed by atoms with Crippen molar-refractivity contribution < 1.29 is 9.53 Å². The Morgan fingerprint density at radius 1 is 1.21 bits per heavy atom. The lowest BCUT2D eigenvalue weighted by Gasteiger charge is -2.20. The summed E-state index contributed by atoms with van der Waals surface area (Å²) in [6, 6.07) is 0. The van der Waals surface area contributed by atoms with E-state index in [0.717, 1.165) is 18.4 Å². The zero-order chi connectivity index (χ0) is 14.7. The van der Waals surface area contributed by atoms with E-state index in [4.69, 9.17) is 16.3 Å². The minimum Gasteiger partial charge on any atom is -0.444 e. The predicted octanol–water partition coefficient (Wildman–Crippen LogP) is 4.99. The van der Waals surface area contributed by atoms with E-state index in [2.05, 4.69) is 12.2 Å². The van der Waals surface area contributed by atoms with Crippen LogP contribution in [0.5, 0.6) is 0 Å². The maximum atomic E-state index is 11.5. The van der Waals surface area contributed by atoms with Gasteiger partial charge in [-0.3, -0.25) is 0 Å². The largest absolute Gasteiger partial charge is 0.444 e. The Balaban J connectivity index is 3.79. The number of carbonyl (C=O) groups excluding carboxylic acids is 1. The molecule has 0 heterocycles. The number of ether oxygens (including phenoxy) is 1. The van der Waals surface area contributed by atoms with Crippen LogP contribution in [0.1, 0.15) is 66.2 Å². The number of unbranched alkanes of at least 4 members (excludes halogenated alkanes) is 4. The maximum absolute atomic E-state index is 11.5. The normalized spacial score (nSPS) is 12.4. The van der Waals surface area contributed by atoms with E-state index < -0.39 is 11.7 Å². The van der Waals surface area contributed by atoms with Gasteiger partial charge in [-0.05, 0) is 39.2 Å². The molecule has 0 unspecified atom stereocenters. The molecule has 0 aliphatic heterocycles. The lowest BCUT2D eigenvalue weighted by Crippen LogP contribution is -2.33. The van der Waals surface area contributed by atoms with E-state index >= 15 is 0 Å². The fourth-order valence-electron chi connectivity index (χ4n) is 1.64. The molecular formula is C15H28ClNO2. The van der Waals surface area contributed by atoms with Crippen molar-refractivity contribution in [3.05, 3.63) is 11.1 Å². The van der Waals surface area contributed by atoms with Crippen LogP contribution in [0, 0.1) is 0 Å². The van der Waals surface area contributed by atoms with E-state index in [1.165, 1.54) is 25.7 Å². The summed E-state index contributed by atoms with van der Waals surface area (Å²) in [7, 11) is 0. The second-order valence-corrected chi connectivity index (χ2v) is 6.01. The van der Waals surface area contributed by atoms with Gasteiger partial charge in [0, 0.05) is 12.1 Å². The van der Waals surface area contributed by atoms with E-state index in [0.29, 0.717) is 6.54 Å². The van der Waals surface area contributed by atoms with Crippen LogP contribution in [0.25, 0.3) is 0 Å². The van der Waals surface area contributed by atoms with Gasteiger partial charge in [-0.15, -0.1) is 0 Å². The lowest BCUT2D eigenvalue weighted by atomic mass is 10.1. The number of alkyl carbamates (subject to hydrolysis) is 1. The predicted molar refractivity (Wildman–Crippen MR) is 81.5 cm³/mol. The molecule has 0 aliphatic rings. The van der Waals surface area contributed by atoms with Gasteiger partial charge in [-0.2, -0.15) is 0 Å². The monoisotopic (exact) mass is 289 g/mol. The van der Waals surface area contributed by atoms with Gasteiger partial charge in [0.15, 0.2) is 0 Å². The summed E-state index contributed by atoms with van der Waals surface area (Å²) in [5.74, 6) is 0. The molecule has 0 atom stereocenters. The average Bonchev–Trinajstić information content (AvgIpc) is 2.30. The van der Waals surface area contributed by atoms with Crippen LogP contribution in [0.15, 0.2) is 11.1 Å². The molecule has 0 aliphatic carbocycles. The van der Waals surface area contributed by atoms with Crippen molar-refractivity contribution in [2.24, 2.45) is 0 Å². The summed E-state index contributed by atoms with van der Waals surface area (Å²) in [5, 5.41) is 2.73. The zero-order valence-electron chi connectivity index (χ0n) is 12.7. The van der Waals surface area contributed by atoms with Gasteiger partial charge in [0.05, 0.1) is 0 Å². The van der Waals surface area contributed by atoms with Crippen molar-refractivity contribution in [1.82, 2.24) is 5.32 Å². The number of amides is 1. The van der Waals surface area contributed by atoms with Crippen molar-refractivity contribution in [3.8, 4) is 0 Å². The van der Waals surface area contributed by atoms with Crippen LogP contribution >= 0.6 is 11.6 Å². The smallest absolute Gasteiger partial charge is 0.407 e. The first kappa shape index (κ1) is 18.3. The Bertz CT molecular complexity index is 282. The summed E-state index contributed by atoms with van der Waals surface area (Å²) in [5.41, 5.74) is 2.15. The molecule has 1 N–H and O–H groups in total. The first-order valence-electron chi connectivity index (χ1n) is 7.14. The second-order valence-electron chi connectivity index (χ2n) is 5.79.